The molecule has 8 heteroatoms. The number of rotatable bonds is 8. The van der Waals surface area contributed by atoms with Gasteiger partial charge in [0, 0.05) is 32.4 Å². The minimum atomic E-state index is -4.36. The van der Waals surface area contributed by atoms with E-state index in [2.05, 4.69) is 34.4 Å². The van der Waals surface area contributed by atoms with E-state index < -0.39 is 11.7 Å². The van der Waals surface area contributed by atoms with Crippen molar-refractivity contribution in [2.45, 2.75) is 32.4 Å². The third-order valence-corrected chi connectivity index (χ3v) is 3.39. The van der Waals surface area contributed by atoms with Gasteiger partial charge in [-0.2, -0.15) is 13.2 Å². The molecule has 0 aliphatic rings. The zero-order valence-corrected chi connectivity index (χ0v) is 18.0. The first-order valence-electron chi connectivity index (χ1n) is 8.65. The van der Waals surface area contributed by atoms with Crippen molar-refractivity contribution in [2.75, 3.05) is 33.4 Å². The summed E-state index contributed by atoms with van der Waals surface area (Å²) in [5, 5.41) is 6.13. The summed E-state index contributed by atoms with van der Waals surface area (Å²) in [4.78, 5) is 4.06. The number of nitrogens with one attached hydrogen (secondary N) is 2. The monoisotopic (exact) mass is 497 g/mol. The first-order valence-corrected chi connectivity index (χ1v) is 8.65. The van der Waals surface area contributed by atoms with Gasteiger partial charge in [-0.1, -0.05) is 31.3 Å². The predicted molar refractivity (Wildman–Crippen MR) is 113 cm³/mol. The molecule has 4 nitrogen and oxygen atoms in total. The summed E-state index contributed by atoms with van der Waals surface area (Å²) < 4.78 is 43.4. The summed E-state index contributed by atoms with van der Waals surface area (Å²) >= 11 is 0. The van der Waals surface area contributed by atoms with Gasteiger partial charge in [-0.05, 0) is 31.0 Å². The number of hydrogen-bond donors (Lipinski definition) is 2. The number of nitrogens with zero attached hydrogens (tertiary/aromatic N) is 1. The maximum atomic E-state index is 12.6. The van der Waals surface area contributed by atoms with Gasteiger partial charge in [0.05, 0.1) is 12.1 Å². The highest BCUT2D eigenvalue weighted by atomic mass is 127. The van der Waals surface area contributed by atoms with Crippen LogP contribution in [0.3, 0.4) is 0 Å². The molecule has 0 spiro atoms. The van der Waals surface area contributed by atoms with Crippen molar-refractivity contribution in [3.63, 3.8) is 0 Å². The lowest BCUT2D eigenvalue weighted by molar-refractivity contribution is -0.137. The number of unbranched alkanes of at least 4 members (excludes halogenated alkanes) is 1. The van der Waals surface area contributed by atoms with Gasteiger partial charge in [-0.15, -0.1) is 24.0 Å². The van der Waals surface area contributed by atoms with E-state index in [-0.39, 0.29) is 30.5 Å². The molecule has 0 saturated heterocycles. The van der Waals surface area contributed by atoms with E-state index in [0.29, 0.717) is 24.7 Å². The molecule has 0 unspecified atom stereocenters. The summed E-state index contributed by atoms with van der Waals surface area (Å²) in [5.41, 5.74) is -0.371. The molecule has 0 aliphatic heterocycles. The van der Waals surface area contributed by atoms with Crippen LogP contribution in [0.4, 0.5) is 13.2 Å². The molecular formula is C19H27F3IN3O. The predicted octanol–water partition coefficient (Wildman–Crippen LogP) is 4.05. The number of alkyl halides is 3. The first kappa shape index (κ1) is 25.5. The number of guanidine groups is 1. The van der Waals surface area contributed by atoms with Crippen molar-refractivity contribution in [1.82, 2.24) is 10.6 Å². The number of hydrogen-bond acceptors (Lipinski definition) is 2. The van der Waals surface area contributed by atoms with Crippen LogP contribution in [0, 0.1) is 11.8 Å². The molecule has 0 aliphatic carbocycles. The van der Waals surface area contributed by atoms with Crippen molar-refractivity contribution >= 4 is 29.9 Å². The largest absolute Gasteiger partial charge is 0.416 e. The molecule has 27 heavy (non-hydrogen) atoms. The molecule has 0 fully saturated rings. The fraction of sp³-hybridized carbons (Fsp3) is 0.526. The van der Waals surface area contributed by atoms with Crippen molar-refractivity contribution in [1.29, 1.82) is 0 Å². The fourth-order valence-corrected chi connectivity index (χ4v) is 2.00. The second-order valence-electron chi connectivity index (χ2n) is 5.55. The fourth-order valence-electron chi connectivity index (χ4n) is 2.00. The quantitative estimate of drug-likeness (QED) is 0.187. The maximum Gasteiger partial charge on any atom is 0.416 e. The molecule has 0 atom stereocenters. The van der Waals surface area contributed by atoms with Crippen LogP contribution < -0.4 is 10.6 Å². The zero-order chi connectivity index (χ0) is 19.3. The Balaban J connectivity index is 0.00000676. The Labute approximate surface area is 176 Å². The molecule has 0 saturated carbocycles. The van der Waals surface area contributed by atoms with Crippen LogP contribution in [0.2, 0.25) is 0 Å². The Morgan fingerprint density at radius 2 is 1.93 bits per heavy atom. The summed E-state index contributed by atoms with van der Waals surface area (Å²) in [7, 11) is 1.65. The van der Waals surface area contributed by atoms with E-state index in [1.54, 1.807) is 13.1 Å². The van der Waals surface area contributed by atoms with Crippen LogP contribution in [-0.4, -0.2) is 39.3 Å². The highest BCUT2D eigenvalue weighted by Crippen LogP contribution is 2.29. The Morgan fingerprint density at radius 1 is 1.19 bits per heavy atom. The van der Waals surface area contributed by atoms with Crippen molar-refractivity contribution < 1.29 is 17.9 Å². The van der Waals surface area contributed by atoms with Crippen LogP contribution in [0.25, 0.3) is 0 Å². The highest BCUT2D eigenvalue weighted by Gasteiger charge is 2.30. The van der Waals surface area contributed by atoms with Crippen LogP contribution >= 0.6 is 24.0 Å². The summed E-state index contributed by atoms with van der Waals surface area (Å²) in [6.07, 6.45) is -1.31. The van der Waals surface area contributed by atoms with Gasteiger partial charge in [0.15, 0.2) is 5.96 Å². The summed E-state index contributed by atoms with van der Waals surface area (Å²) in [6.45, 7) is 4.60. The first-order chi connectivity index (χ1) is 12.5. The second-order valence-corrected chi connectivity index (χ2v) is 5.55. The van der Waals surface area contributed by atoms with Crippen LogP contribution in [0.15, 0.2) is 29.3 Å². The van der Waals surface area contributed by atoms with E-state index in [1.807, 2.05) is 0 Å². The Bertz CT molecular complexity index is 625. The molecule has 0 radical (unpaired) electrons. The van der Waals surface area contributed by atoms with Gasteiger partial charge in [-0.3, -0.25) is 4.99 Å². The molecule has 1 aromatic rings. The smallest absolute Gasteiger partial charge is 0.381 e. The average Bonchev–Trinajstić information content (AvgIpc) is 2.62. The Kier molecular flexibility index (Phi) is 13.8. The molecule has 1 rings (SSSR count). The minimum Gasteiger partial charge on any atom is -0.381 e. The molecule has 0 amide bonds. The van der Waals surface area contributed by atoms with E-state index in [4.69, 9.17) is 4.74 Å². The number of ether oxygens (including phenoxy) is 1. The van der Waals surface area contributed by atoms with E-state index >= 15 is 0 Å². The molecule has 0 heterocycles. The minimum absolute atomic E-state index is 0. The third kappa shape index (κ3) is 11.8. The Hall–Kier alpha value is -1.47. The highest BCUT2D eigenvalue weighted by molar-refractivity contribution is 14.0. The number of halogens is 4. The standard InChI is InChI=1S/C19H26F3N3O.HI/c1-3-4-13-26-14-7-12-25-18(23-2)24-11-6-9-16-8-5-10-17(15-16)19(20,21)22;/h5,8,10,15H,3-4,7,11-14H2,1-2H3,(H2,23,24,25);1H. The van der Waals surface area contributed by atoms with Gasteiger partial charge < -0.3 is 15.4 Å². The topological polar surface area (TPSA) is 45.6 Å². The lowest BCUT2D eigenvalue weighted by Gasteiger charge is -2.10. The third-order valence-electron chi connectivity index (χ3n) is 3.39. The Morgan fingerprint density at radius 3 is 2.59 bits per heavy atom. The van der Waals surface area contributed by atoms with Gasteiger partial charge in [0.2, 0.25) is 0 Å². The molecule has 2 N–H and O–H groups in total. The molecule has 0 aromatic heterocycles. The zero-order valence-electron chi connectivity index (χ0n) is 15.7. The van der Waals surface area contributed by atoms with E-state index in [9.17, 15) is 13.2 Å². The van der Waals surface area contributed by atoms with E-state index in [1.165, 1.54) is 6.07 Å². The molecule has 0 bridgehead atoms. The summed E-state index contributed by atoms with van der Waals surface area (Å²) in [5.74, 6) is 6.11. The van der Waals surface area contributed by atoms with Gasteiger partial charge in [0.25, 0.3) is 0 Å². The van der Waals surface area contributed by atoms with E-state index in [0.717, 1.165) is 38.0 Å². The average molecular weight is 497 g/mol. The lowest BCUT2D eigenvalue weighted by atomic mass is 10.1. The lowest BCUT2D eigenvalue weighted by Crippen LogP contribution is -2.38. The maximum absolute atomic E-state index is 12.6. The number of aliphatic imine (C=N–C) groups is 1. The van der Waals surface area contributed by atoms with Gasteiger partial charge in [-0.25, -0.2) is 0 Å². The summed E-state index contributed by atoms with van der Waals surface area (Å²) in [6, 6.07) is 4.97. The molecular weight excluding hydrogens is 470 g/mol. The van der Waals surface area contributed by atoms with Crippen molar-refractivity contribution in [3.05, 3.63) is 35.4 Å². The van der Waals surface area contributed by atoms with Crippen molar-refractivity contribution in [2.24, 2.45) is 4.99 Å². The molecule has 152 valence electrons. The molecule has 1 aromatic carbocycles. The SMILES string of the molecule is CCCCOCCCNC(=NC)NCC#Cc1cccc(C(F)(F)F)c1.I. The van der Waals surface area contributed by atoms with Crippen LogP contribution in [0.1, 0.15) is 37.3 Å². The van der Waals surface area contributed by atoms with Gasteiger partial charge >= 0.3 is 6.18 Å². The van der Waals surface area contributed by atoms with Crippen LogP contribution in [-0.2, 0) is 10.9 Å². The normalized spacial score (nSPS) is 11.2. The van der Waals surface area contributed by atoms with Crippen molar-refractivity contribution in [3.8, 4) is 11.8 Å². The van der Waals surface area contributed by atoms with Gasteiger partial charge in [0.1, 0.15) is 0 Å². The van der Waals surface area contributed by atoms with Crippen LogP contribution in [0.5, 0.6) is 0 Å². The number of benzene rings is 1. The second kappa shape index (κ2) is 14.6.